The van der Waals surface area contributed by atoms with E-state index in [0.717, 1.165) is 59.2 Å². The second-order valence-electron chi connectivity index (χ2n) is 6.50. The molecule has 3 heterocycles. The average molecular weight is 389 g/mol. The average Bonchev–Trinajstić information content (AvgIpc) is 3.23. The summed E-state index contributed by atoms with van der Waals surface area (Å²) in [6.45, 7) is 8.63. The molecular weight excluding hydrogens is 368 g/mol. The van der Waals surface area contributed by atoms with Crippen molar-refractivity contribution in [2.24, 2.45) is 0 Å². The van der Waals surface area contributed by atoms with Gasteiger partial charge in [-0.05, 0) is 31.7 Å². The van der Waals surface area contributed by atoms with E-state index in [-0.39, 0.29) is 5.91 Å². The van der Waals surface area contributed by atoms with Gasteiger partial charge in [0, 0.05) is 31.6 Å². The number of rotatable bonds is 3. The molecule has 0 aliphatic carbocycles. The zero-order valence-corrected chi connectivity index (χ0v) is 16.5. The Morgan fingerprint density at radius 3 is 2.65 bits per heavy atom. The summed E-state index contributed by atoms with van der Waals surface area (Å²) in [4.78, 5) is 19.0. The van der Waals surface area contributed by atoms with Gasteiger partial charge >= 0.3 is 0 Å². The highest BCUT2D eigenvalue weighted by Crippen LogP contribution is 2.33. The van der Waals surface area contributed by atoms with Crippen LogP contribution >= 0.6 is 22.9 Å². The highest BCUT2D eigenvalue weighted by atomic mass is 35.5. The number of fused-ring (bicyclic) bond motifs is 1. The molecule has 0 bridgehead atoms. The molecule has 3 aromatic rings. The minimum Gasteiger partial charge on any atom is -0.335 e. The number of halogens is 1. The summed E-state index contributed by atoms with van der Waals surface area (Å²) in [5.41, 5.74) is 1.75. The zero-order valence-electron chi connectivity index (χ0n) is 14.9. The lowest BCUT2D eigenvalue weighted by atomic mass is 10.2. The van der Waals surface area contributed by atoms with E-state index >= 15 is 0 Å². The highest BCUT2D eigenvalue weighted by Gasteiger charge is 2.24. The van der Waals surface area contributed by atoms with Gasteiger partial charge in [-0.25, -0.2) is 4.68 Å². The summed E-state index contributed by atoms with van der Waals surface area (Å²) in [5.74, 6) is 0.118. The van der Waals surface area contributed by atoms with Crippen LogP contribution in [0.1, 0.15) is 22.3 Å². The lowest BCUT2D eigenvalue weighted by Gasteiger charge is -2.33. The fourth-order valence-corrected chi connectivity index (χ4v) is 4.72. The minimum atomic E-state index is 0.118. The van der Waals surface area contributed by atoms with Crippen molar-refractivity contribution < 1.29 is 4.79 Å². The van der Waals surface area contributed by atoms with Crippen LogP contribution in [-0.4, -0.2) is 58.2 Å². The highest BCUT2D eigenvalue weighted by molar-refractivity contribution is 7.20. The van der Waals surface area contributed by atoms with Crippen molar-refractivity contribution in [2.75, 3.05) is 32.7 Å². The molecule has 7 heteroatoms. The second-order valence-corrected chi connectivity index (χ2v) is 7.94. The van der Waals surface area contributed by atoms with Crippen molar-refractivity contribution >= 4 is 39.1 Å². The zero-order chi connectivity index (χ0) is 18.3. The third kappa shape index (κ3) is 3.02. The van der Waals surface area contributed by atoms with E-state index in [2.05, 4.69) is 16.9 Å². The van der Waals surface area contributed by atoms with Crippen LogP contribution in [0.15, 0.2) is 30.3 Å². The summed E-state index contributed by atoms with van der Waals surface area (Å²) in [6, 6.07) is 9.62. The van der Waals surface area contributed by atoms with E-state index < -0.39 is 0 Å². The van der Waals surface area contributed by atoms with E-state index in [1.54, 1.807) is 0 Å². The number of aryl methyl sites for hydroxylation is 1. The number of carbonyl (C=O) groups is 1. The predicted molar refractivity (Wildman–Crippen MR) is 107 cm³/mol. The Bertz CT molecular complexity index is 956. The molecule has 1 aliphatic rings. The molecule has 1 aliphatic heterocycles. The molecule has 1 aromatic carbocycles. The molecule has 0 N–H and O–H groups in total. The van der Waals surface area contributed by atoms with E-state index in [4.69, 9.17) is 11.6 Å². The normalized spacial score (nSPS) is 15.7. The Morgan fingerprint density at radius 1 is 1.23 bits per heavy atom. The number of carbonyl (C=O) groups excluding carboxylic acids is 1. The second kappa shape index (κ2) is 7.02. The van der Waals surface area contributed by atoms with E-state index in [1.165, 1.54) is 11.3 Å². The van der Waals surface area contributed by atoms with Gasteiger partial charge in [0.1, 0.15) is 4.83 Å². The number of nitrogens with zero attached hydrogens (tertiary/aromatic N) is 4. The van der Waals surface area contributed by atoms with Crippen molar-refractivity contribution in [3.63, 3.8) is 0 Å². The topological polar surface area (TPSA) is 41.4 Å². The Balaban J connectivity index is 1.67. The molecule has 5 nitrogen and oxygen atoms in total. The molecule has 1 saturated heterocycles. The smallest absolute Gasteiger partial charge is 0.264 e. The summed E-state index contributed by atoms with van der Waals surface area (Å²) in [6.07, 6.45) is 0. The first-order chi connectivity index (χ1) is 12.6. The number of hydrogen-bond donors (Lipinski definition) is 0. The van der Waals surface area contributed by atoms with Crippen molar-refractivity contribution in [2.45, 2.75) is 13.8 Å². The van der Waals surface area contributed by atoms with Gasteiger partial charge in [0.25, 0.3) is 5.91 Å². The van der Waals surface area contributed by atoms with Crippen LogP contribution in [0.5, 0.6) is 0 Å². The standard InChI is InChI=1S/C19H21ClN4OS/c1-3-22-8-10-23(11-9-22)18(25)17-12-14-13(2)21-24(19(14)26-17)16-7-5-4-6-15(16)20/h4-7,12H,3,8-11H2,1-2H3. The number of benzene rings is 1. The number of aromatic nitrogens is 2. The van der Waals surface area contributed by atoms with Crippen LogP contribution in [0.25, 0.3) is 15.9 Å². The maximum atomic E-state index is 13.0. The van der Waals surface area contributed by atoms with E-state index in [9.17, 15) is 4.79 Å². The van der Waals surface area contributed by atoms with Gasteiger partial charge in [0.2, 0.25) is 0 Å². The number of para-hydroxylation sites is 1. The van der Waals surface area contributed by atoms with Gasteiger partial charge in [-0.15, -0.1) is 11.3 Å². The maximum absolute atomic E-state index is 13.0. The SMILES string of the molecule is CCN1CCN(C(=O)c2cc3c(C)nn(-c4ccccc4Cl)c3s2)CC1. The number of likely N-dealkylation sites (N-methyl/N-ethyl adjacent to an activating group) is 1. The molecule has 0 saturated carbocycles. The molecular formula is C19H21ClN4OS. The van der Waals surface area contributed by atoms with E-state index in [1.807, 2.05) is 46.8 Å². The van der Waals surface area contributed by atoms with Gasteiger partial charge in [-0.3, -0.25) is 4.79 Å². The fourth-order valence-electron chi connectivity index (χ4n) is 3.36. The van der Waals surface area contributed by atoms with Crippen LogP contribution in [-0.2, 0) is 0 Å². The van der Waals surface area contributed by atoms with Crippen LogP contribution in [0.3, 0.4) is 0 Å². The first kappa shape index (κ1) is 17.5. The van der Waals surface area contributed by atoms with Crippen molar-refractivity contribution in [1.29, 1.82) is 0 Å². The first-order valence-corrected chi connectivity index (χ1v) is 10.0. The van der Waals surface area contributed by atoms with Gasteiger partial charge in [0.05, 0.1) is 21.3 Å². The number of piperazine rings is 1. The predicted octanol–water partition coefficient (Wildman–Crippen LogP) is 3.83. The Hall–Kier alpha value is -1.89. The molecule has 4 rings (SSSR count). The van der Waals surface area contributed by atoms with Crippen LogP contribution in [0.4, 0.5) is 0 Å². The largest absolute Gasteiger partial charge is 0.335 e. The van der Waals surface area contributed by atoms with Gasteiger partial charge in [-0.2, -0.15) is 5.10 Å². The van der Waals surface area contributed by atoms with Crippen LogP contribution in [0, 0.1) is 6.92 Å². The van der Waals surface area contributed by atoms with Crippen molar-refractivity contribution in [1.82, 2.24) is 19.6 Å². The quantitative estimate of drug-likeness (QED) is 0.684. The van der Waals surface area contributed by atoms with Gasteiger partial charge < -0.3 is 9.80 Å². The molecule has 136 valence electrons. The monoisotopic (exact) mass is 388 g/mol. The lowest BCUT2D eigenvalue weighted by Crippen LogP contribution is -2.48. The van der Waals surface area contributed by atoms with Gasteiger partial charge in [0.15, 0.2) is 0 Å². The van der Waals surface area contributed by atoms with Crippen LogP contribution < -0.4 is 0 Å². The Kier molecular flexibility index (Phi) is 4.73. The number of hydrogen-bond acceptors (Lipinski definition) is 4. The van der Waals surface area contributed by atoms with Crippen molar-refractivity contribution in [3.05, 3.63) is 45.9 Å². The molecule has 1 fully saturated rings. The fraction of sp³-hybridized carbons (Fsp3) is 0.368. The molecule has 0 unspecified atom stereocenters. The van der Waals surface area contributed by atoms with Crippen molar-refractivity contribution in [3.8, 4) is 5.69 Å². The molecule has 0 atom stereocenters. The third-order valence-electron chi connectivity index (χ3n) is 4.94. The summed E-state index contributed by atoms with van der Waals surface area (Å²) >= 11 is 7.84. The van der Waals surface area contributed by atoms with Crippen LogP contribution in [0.2, 0.25) is 5.02 Å². The number of amides is 1. The third-order valence-corrected chi connectivity index (χ3v) is 6.36. The molecule has 26 heavy (non-hydrogen) atoms. The summed E-state index contributed by atoms with van der Waals surface area (Å²) in [7, 11) is 0. The first-order valence-electron chi connectivity index (χ1n) is 8.84. The minimum absolute atomic E-state index is 0.118. The van der Waals surface area contributed by atoms with Gasteiger partial charge in [-0.1, -0.05) is 30.7 Å². The molecule has 0 radical (unpaired) electrons. The molecule has 1 amide bonds. The Morgan fingerprint density at radius 2 is 1.96 bits per heavy atom. The maximum Gasteiger partial charge on any atom is 0.264 e. The lowest BCUT2D eigenvalue weighted by molar-refractivity contribution is 0.0648. The number of thiophene rings is 1. The molecule has 2 aromatic heterocycles. The Labute approximate surface area is 161 Å². The summed E-state index contributed by atoms with van der Waals surface area (Å²) in [5, 5.41) is 6.29. The van der Waals surface area contributed by atoms with E-state index in [0.29, 0.717) is 5.02 Å². The summed E-state index contributed by atoms with van der Waals surface area (Å²) < 4.78 is 1.85. The molecule has 0 spiro atoms.